The van der Waals surface area contributed by atoms with Crippen LogP contribution in [0.2, 0.25) is 5.02 Å². The van der Waals surface area contributed by atoms with Gasteiger partial charge >= 0.3 is 6.03 Å². The van der Waals surface area contributed by atoms with Gasteiger partial charge in [0.15, 0.2) is 0 Å². The van der Waals surface area contributed by atoms with Crippen LogP contribution in [-0.4, -0.2) is 25.5 Å². The van der Waals surface area contributed by atoms with E-state index < -0.39 is 0 Å². The fourth-order valence-electron chi connectivity index (χ4n) is 2.23. The molecular formula is C18H20ClN3O2. The molecule has 0 aliphatic rings. The molecule has 3 N–H and O–H groups in total. The Morgan fingerprint density at radius 1 is 1.12 bits per heavy atom. The van der Waals surface area contributed by atoms with Crippen molar-refractivity contribution in [1.29, 1.82) is 0 Å². The smallest absolute Gasteiger partial charge is 0.319 e. The molecule has 0 aliphatic carbocycles. The van der Waals surface area contributed by atoms with Crippen molar-refractivity contribution in [2.45, 2.75) is 12.8 Å². The molecule has 0 spiro atoms. The molecule has 1 unspecified atom stereocenters. The maximum atomic E-state index is 12.0. The van der Waals surface area contributed by atoms with Gasteiger partial charge in [-0.2, -0.15) is 0 Å². The van der Waals surface area contributed by atoms with E-state index in [1.807, 2.05) is 37.3 Å². The zero-order valence-corrected chi connectivity index (χ0v) is 14.4. The lowest BCUT2D eigenvalue weighted by Gasteiger charge is -2.14. The summed E-state index contributed by atoms with van der Waals surface area (Å²) in [6, 6.07) is 14.4. The summed E-state index contributed by atoms with van der Waals surface area (Å²) in [5.41, 5.74) is 1.98. The maximum Gasteiger partial charge on any atom is 0.319 e. The highest BCUT2D eigenvalue weighted by Crippen LogP contribution is 2.20. The minimum atomic E-state index is -0.331. The SMILES string of the molecule is CNC(=O)c1cc(NC(=O)NCC(C)c2ccccc2)ccc1Cl. The van der Waals surface area contributed by atoms with E-state index in [2.05, 4.69) is 16.0 Å². The van der Waals surface area contributed by atoms with Gasteiger partial charge in [-0.25, -0.2) is 4.79 Å². The molecule has 0 aromatic heterocycles. The van der Waals surface area contributed by atoms with Crippen LogP contribution in [0.15, 0.2) is 48.5 Å². The van der Waals surface area contributed by atoms with E-state index in [-0.39, 0.29) is 17.9 Å². The Bertz CT molecular complexity index is 719. The van der Waals surface area contributed by atoms with Crippen LogP contribution in [0.1, 0.15) is 28.8 Å². The molecule has 3 amide bonds. The van der Waals surface area contributed by atoms with Crippen molar-refractivity contribution in [2.24, 2.45) is 0 Å². The average molecular weight is 346 g/mol. The number of urea groups is 1. The molecule has 1 atom stereocenters. The summed E-state index contributed by atoms with van der Waals surface area (Å²) in [6.07, 6.45) is 0. The fourth-order valence-corrected chi connectivity index (χ4v) is 2.44. The molecule has 0 saturated heterocycles. The second kappa shape index (κ2) is 8.36. The van der Waals surface area contributed by atoms with Crippen molar-refractivity contribution in [3.8, 4) is 0 Å². The molecule has 2 aromatic carbocycles. The Hall–Kier alpha value is -2.53. The molecule has 0 fully saturated rings. The van der Waals surface area contributed by atoms with Gasteiger partial charge in [-0.3, -0.25) is 4.79 Å². The molecule has 0 radical (unpaired) electrons. The summed E-state index contributed by atoms with van der Waals surface area (Å²) < 4.78 is 0. The van der Waals surface area contributed by atoms with Crippen LogP contribution in [-0.2, 0) is 0 Å². The van der Waals surface area contributed by atoms with Crippen LogP contribution in [0.3, 0.4) is 0 Å². The van der Waals surface area contributed by atoms with Gasteiger partial charge in [-0.1, -0.05) is 48.9 Å². The van der Waals surface area contributed by atoms with Gasteiger partial charge in [-0.05, 0) is 29.7 Å². The van der Waals surface area contributed by atoms with Crippen LogP contribution >= 0.6 is 11.6 Å². The molecule has 0 heterocycles. The second-order valence-corrected chi connectivity index (χ2v) is 5.83. The van der Waals surface area contributed by atoms with Gasteiger partial charge in [0.2, 0.25) is 0 Å². The fraction of sp³-hybridized carbons (Fsp3) is 0.222. The van der Waals surface area contributed by atoms with Gasteiger partial charge in [0.05, 0.1) is 10.6 Å². The quantitative estimate of drug-likeness (QED) is 0.774. The van der Waals surface area contributed by atoms with Gasteiger partial charge in [0.25, 0.3) is 5.91 Å². The number of carbonyl (C=O) groups is 2. The minimum Gasteiger partial charge on any atom is -0.355 e. The van der Waals surface area contributed by atoms with Crippen molar-refractivity contribution < 1.29 is 9.59 Å². The number of anilines is 1. The highest BCUT2D eigenvalue weighted by atomic mass is 35.5. The van der Waals surface area contributed by atoms with Crippen molar-refractivity contribution in [3.05, 3.63) is 64.7 Å². The zero-order valence-electron chi connectivity index (χ0n) is 13.6. The number of benzene rings is 2. The van der Waals surface area contributed by atoms with E-state index in [1.54, 1.807) is 18.2 Å². The number of halogens is 1. The molecule has 24 heavy (non-hydrogen) atoms. The summed E-state index contributed by atoms with van der Waals surface area (Å²) in [5, 5.41) is 8.37. The number of hydrogen-bond acceptors (Lipinski definition) is 2. The van der Waals surface area contributed by atoms with Gasteiger partial charge < -0.3 is 16.0 Å². The van der Waals surface area contributed by atoms with Crippen molar-refractivity contribution in [3.63, 3.8) is 0 Å². The topological polar surface area (TPSA) is 70.2 Å². The lowest BCUT2D eigenvalue weighted by atomic mass is 10.0. The van der Waals surface area contributed by atoms with Crippen LogP contribution < -0.4 is 16.0 Å². The van der Waals surface area contributed by atoms with Crippen LogP contribution in [0, 0.1) is 0 Å². The zero-order chi connectivity index (χ0) is 17.5. The molecular weight excluding hydrogens is 326 g/mol. The Morgan fingerprint density at radius 3 is 2.50 bits per heavy atom. The Morgan fingerprint density at radius 2 is 1.83 bits per heavy atom. The summed E-state index contributed by atoms with van der Waals surface area (Å²) in [6.45, 7) is 2.55. The molecule has 0 bridgehead atoms. The number of rotatable bonds is 5. The molecule has 0 saturated carbocycles. The Kier molecular flexibility index (Phi) is 6.21. The third-order valence-electron chi connectivity index (χ3n) is 3.63. The monoisotopic (exact) mass is 345 g/mol. The van der Waals surface area contributed by atoms with E-state index in [0.717, 1.165) is 5.56 Å². The number of hydrogen-bond donors (Lipinski definition) is 3. The predicted molar refractivity (Wildman–Crippen MR) is 96.7 cm³/mol. The maximum absolute atomic E-state index is 12.0. The molecule has 126 valence electrons. The van der Waals surface area contributed by atoms with Crippen molar-refractivity contribution in [1.82, 2.24) is 10.6 Å². The Labute approximate surface area is 146 Å². The lowest BCUT2D eigenvalue weighted by Crippen LogP contribution is -2.31. The molecule has 2 rings (SSSR count). The van der Waals surface area contributed by atoms with Crippen LogP contribution in [0.4, 0.5) is 10.5 Å². The first-order valence-electron chi connectivity index (χ1n) is 7.62. The molecule has 5 nitrogen and oxygen atoms in total. The first kappa shape index (κ1) is 17.8. The van der Waals surface area contributed by atoms with Gasteiger partial charge in [0, 0.05) is 19.3 Å². The standard InChI is InChI=1S/C18H20ClN3O2/c1-12(13-6-4-3-5-7-13)11-21-18(24)22-14-8-9-16(19)15(10-14)17(23)20-2/h3-10,12H,11H2,1-2H3,(H,20,23)(H2,21,22,24). The largest absolute Gasteiger partial charge is 0.355 e. The normalized spacial score (nSPS) is 11.5. The minimum absolute atomic E-state index is 0.198. The van der Waals surface area contributed by atoms with Crippen LogP contribution in [0.25, 0.3) is 0 Å². The predicted octanol–water partition coefficient (Wildman–Crippen LogP) is 3.62. The number of nitrogens with one attached hydrogen (secondary N) is 3. The third kappa shape index (κ3) is 4.73. The number of carbonyl (C=O) groups excluding carboxylic acids is 2. The summed E-state index contributed by atoms with van der Waals surface area (Å²) >= 11 is 5.99. The molecule has 2 aromatic rings. The van der Waals surface area contributed by atoms with Crippen molar-refractivity contribution >= 4 is 29.2 Å². The van der Waals surface area contributed by atoms with Gasteiger partial charge in [-0.15, -0.1) is 0 Å². The van der Waals surface area contributed by atoms with Gasteiger partial charge in [0.1, 0.15) is 0 Å². The Balaban J connectivity index is 1.94. The highest BCUT2D eigenvalue weighted by molar-refractivity contribution is 6.34. The summed E-state index contributed by atoms with van der Waals surface area (Å²) in [5.74, 6) is -0.106. The van der Waals surface area contributed by atoms with E-state index in [0.29, 0.717) is 22.8 Å². The highest BCUT2D eigenvalue weighted by Gasteiger charge is 2.11. The number of amides is 3. The summed E-state index contributed by atoms with van der Waals surface area (Å²) in [7, 11) is 1.52. The van der Waals surface area contributed by atoms with Crippen molar-refractivity contribution in [2.75, 3.05) is 18.9 Å². The first-order valence-corrected chi connectivity index (χ1v) is 8.00. The molecule has 6 heteroatoms. The first-order chi connectivity index (χ1) is 11.5. The summed E-state index contributed by atoms with van der Waals surface area (Å²) in [4.78, 5) is 23.7. The van der Waals surface area contributed by atoms with Crippen LogP contribution in [0.5, 0.6) is 0 Å². The average Bonchev–Trinajstić information content (AvgIpc) is 2.61. The lowest BCUT2D eigenvalue weighted by molar-refractivity contribution is 0.0963. The molecule has 0 aliphatic heterocycles. The third-order valence-corrected chi connectivity index (χ3v) is 3.96. The van der Waals surface area contributed by atoms with E-state index in [4.69, 9.17) is 11.6 Å². The van der Waals surface area contributed by atoms with E-state index in [1.165, 1.54) is 7.05 Å². The second-order valence-electron chi connectivity index (χ2n) is 5.42. The van der Waals surface area contributed by atoms with E-state index >= 15 is 0 Å². The van der Waals surface area contributed by atoms with E-state index in [9.17, 15) is 9.59 Å².